The second-order valence-electron chi connectivity index (χ2n) is 4.92. The molecular formula is C11H19NO. The van der Waals surface area contributed by atoms with E-state index in [4.69, 9.17) is 0 Å². The van der Waals surface area contributed by atoms with Crippen molar-refractivity contribution in [1.29, 1.82) is 0 Å². The summed E-state index contributed by atoms with van der Waals surface area (Å²) in [6, 6.07) is 0.309. The van der Waals surface area contributed by atoms with Crippen LogP contribution in [0.2, 0.25) is 0 Å². The lowest BCUT2D eigenvalue weighted by molar-refractivity contribution is -0.127. The van der Waals surface area contributed by atoms with Crippen molar-refractivity contribution in [2.24, 2.45) is 5.41 Å². The summed E-state index contributed by atoms with van der Waals surface area (Å²) in [5.74, 6) is 0.211. The van der Waals surface area contributed by atoms with Crippen LogP contribution in [-0.2, 0) is 4.79 Å². The highest BCUT2D eigenvalue weighted by molar-refractivity contribution is 5.97. The van der Waals surface area contributed by atoms with Crippen LogP contribution >= 0.6 is 0 Å². The molecule has 0 bridgehead atoms. The number of carbonyl (C=O) groups is 1. The van der Waals surface area contributed by atoms with Gasteiger partial charge in [0, 0.05) is 18.2 Å². The Morgan fingerprint density at radius 3 is 2.15 bits per heavy atom. The van der Waals surface area contributed by atoms with E-state index < -0.39 is 0 Å². The van der Waals surface area contributed by atoms with Crippen LogP contribution in [0, 0.1) is 5.41 Å². The summed E-state index contributed by atoms with van der Waals surface area (Å²) in [4.78, 5) is 13.8. The lowest BCUT2D eigenvalue weighted by Gasteiger charge is -2.24. The molecule has 1 heterocycles. The van der Waals surface area contributed by atoms with Crippen molar-refractivity contribution in [1.82, 2.24) is 4.90 Å². The van der Waals surface area contributed by atoms with Crippen LogP contribution in [0.3, 0.4) is 0 Å². The Morgan fingerprint density at radius 1 is 1.38 bits per heavy atom. The number of nitrogens with zero attached hydrogens (tertiary/aromatic N) is 1. The molecule has 1 amide bonds. The van der Waals surface area contributed by atoms with Crippen molar-refractivity contribution in [2.45, 2.75) is 40.7 Å². The van der Waals surface area contributed by atoms with Crippen LogP contribution in [-0.4, -0.2) is 23.4 Å². The van der Waals surface area contributed by atoms with Crippen LogP contribution < -0.4 is 0 Å². The van der Waals surface area contributed by atoms with E-state index in [1.807, 2.05) is 4.90 Å². The maximum Gasteiger partial charge on any atom is 0.250 e. The van der Waals surface area contributed by atoms with Crippen LogP contribution in [0.4, 0.5) is 0 Å². The van der Waals surface area contributed by atoms with E-state index in [0.29, 0.717) is 6.04 Å². The molecule has 74 valence electrons. The summed E-state index contributed by atoms with van der Waals surface area (Å²) in [7, 11) is 0. The highest BCUT2D eigenvalue weighted by Gasteiger charge is 2.32. The van der Waals surface area contributed by atoms with Gasteiger partial charge in [0.05, 0.1) is 0 Å². The fourth-order valence-corrected chi connectivity index (χ4v) is 1.59. The molecule has 0 atom stereocenters. The molecule has 0 aromatic heterocycles. The minimum atomic E-state index is -0.0132. The van der Waals surface area contributed by atoms with Gasteiger partial charge >= 0.3 is 0 Å². The number of carbonyl (C=O) groups excluding carboxylic acids is 1. The molecule has 0 aromatic carbocycles. The molecule has 0 unspecified atom stereocenters. The van der Waals surface area contributed by atoms with Gasteiger partial charge in [0.15, 0.2) is 0 Å². The molecule has 0 radical (unpaired) electrons. The summed E-state index contributed by atoms with van der Waals surface area (Å²) in [5, 5.41) is 0. The molecule has 2 nitrogen and oxygen atoms in total. The van der Waals surface area contributed by atoms with Crippen molar-refractivity contribution in [2.75, 3.05) is 6.54 Å². The van der Waals surface area contributed by atoms with Crippen molar-refractivity contribution in [3.63, 3.8) is 0 Å². The molecule has 0 fully saturated rings. The third kappa shape index (κ3) is 1.93. The summed E-state index contributed by atoms with van der Waals surface area (Å²) >= 11 is 0. The predicted octanol–water partition coefficient (Wildman–Crippen LogP) is 2.21. The topological polar surface area (TPSA) is 20.3 Å². The highest BCUT2D eigenvalue weighted by Crippen LogP contribution is 2.30. The lowest BCUT2D eigenvalue weighted by atomic mass is 9.86. The van der Waals surface area contributed by atoms with Gasteiger partial charge in [-0.15, -0.1) is 0 Å². The van der Waals surface area contributed by atoms with Crippen molar-refractivity contribution in [3.05, 3.63) is 11.6 Å². The van der Waals surface area contributed by atoms with E-state index in [2.05, 4.69) is 40.7 Å². The first-order valence-corrected chi connectivity index (χ1v) is 4.85. The highest BCUT2D eigenvalue weighted by atomic mass is 16.2. The standard InChI is InChI=1S/C11H19NO/c1-8(2)12-7-6-9(10(12)13)11(3,4)5/h6,8H,7H2,1-5H3. The van der Waals surface area contributed by atoms with E-state index in [1.54, 1.807) is 0 Å². The van der Waals surface area contributed by atoms with Crippen LogP contribution in [0.5, 0.6) is 0 Å². The van der Waals surface area contributed by atoms with Gasteiger partial charge in [0.2, 0.25) is 0 Å². The normalized spacial score (nSPS) is 18.5. The molecular weight excluding hydrogens is 162 g/mol. The molecule has 1 aliphatic rings. The van der Waals surface area contributed by atoms with Gasteiger partial charge in [-0.1, -0.05) is 26.8 Å². The second kappa shape index (κ2) is 3.17. The molecule has 0 saturated heterocycles. The number of amides is 1. The largest absolute Gasteiger partial charge is 0.333 e. The molecule has 0 N–H and O–H groups in total. The zero-order valence-electron chi connectivity index (χ0n) is 9.22. The Hall–Kier alpha value is -0.790. The number of rotatable bonds is 1. The van der Waals surface area contributed by atoms with Crippen LogP contribution in [0.15, 0.2) is 11.6 Å². The lowest BCUT2D eigenvalue weighted by Crippen LogP contribution is -2.35. The van der Waals surface area contributed by atoms with Gasteiger partial charge < -0.3 is 4.90 Å². The molecule has 0 aliphatic carbocycles. The van der Waals surface area contributed by atoms with Gasteiger partial charge in [-0.05, 0) is 19.3 Å². The van der Waals surface area contributed by atoms with Gasteiger partial charge in [0.25, 0.3) is 5.91 Å². The molecule has 2 heteroatoms. The summed E-state index contributed by atoms with van der Waals surface area (Å²) in [5.41, 5.74) is 0.946. The minimum Gasteiger partial charge on any atom is -0.333 e. The first-order chi connectivity index (χ1) is 5.84. The average molecular weight is 181 g/mol. The third-order valence-corrected chi connectivity index (χ3v) is 2.41. The summed E-state index contributed by atoms with van der Waals surface area (Å²) in [6.07, 6.45) is 2.06. The fourth-order valence-electron chi connectivity index (χ4n) is 1.59. The van der Waals surface area contributed by atoms with Gasteiger partial charge in [-0.2, -0.15) is 0 Å². The fraction of sp³-hybridized carbons (Fsp3) is 0.727. The number of hydrogen-bond acceptors (Lipinski definition) is 1. The monoisotopic (exact) mass is 181 g/mol. The van der Waals surface area contributed by atoms with Crippen LogP contribution in [0.1, 0.15) is 34.6 Å². The predicted molar refractivity (Wildman–Crippen MR) is 54.4 cm³/mol. The van der Waals surface area contributed by atoms with E-state index in [9.17, 15) is 4.79 Å². The van der Waals surface area contributed by atoms with Gasteiger partial charge in [-0.25, -0.2) is 0 Å². The smallest absolute Gasteiger partial charge is 0.250 e. The van der Waals surface area contributed by atoms with Gasteiger partial charge in [-0.3, -0.25) is 4.79 Å². The van der Waals surface area contributed by atoms with Crippen LogP contribution in [0.25, 0.3) is 0 Å². The Morgan fingerprint density at radius 2 is 1.92 bits per heavy atom. The molecule has 0 spiro atoms. The van der Waals surface area contributed by atoms with Crippen molar-refractivity contribution in [3.8, 4) is 0 Å². The SMILES string of the molecule is CC(C)N1CC=C(C(C)(C)C)C1=O. The Balaban J connectivity index is 2.81. The zero-order chi connectivity index (χ0) is 10.2. The van der Waals surface area contributed by atoms with Gasteiger partial charge in [0.1, 0.15) is 0 Å². The molecule has 0 aromatic rings. The Bertz CT molecular complexity index is 245. The van der Waals surface area contributed by atoms with Crippen molar-refractivity contribution >= 4 is 5.91 Å². The Labute approximate surface area is 80.6 Å². The average Bonchev–Trinajstić information content (AvgIpc) is 2.28. The van der Waals surface area contributed by atoms with Crippen molar-refractivity contribution < 1.29 is 4.79 Å². The first-order valence-electron chi connectivity index (χ1n) is 4.85. The number of hydrogen-bond donors (Lipinski definition) is 0. The quantitative estimate of drug-likeness (QED) is 0.607. The third-order valence-electron chi connectivity index (χ3n) is 2.41. The molecule has 1 aliphatic heterocycles. The maximum absolute atomic E-state index is 11.9. The summed E-state index contributed by atoms with van der Waals surface area (Å²) in [6.45, 7) is 11.1. The molecule has 13 heavy (non-hydrogen) atoms. The summed E-state index contributed by atoms with van der Waals surface area (Å²) < 4.78 is 0. The molecule has 1 rings (SSSR count). The first kappa shape index (κ1) is 10.3. The second-order valence-corrected chi connectivity index (χ2v) is 4.92. The van der Waals surface area contributed by atoms with E-state index in [-0.39, 0.29) is 11.3 Å². The molecule has 0 saturated carbocycles. The van der Waals surface area contributed by atoms with E-state index >= 15 is 0 Å². The zero-order valence-corrected chi connectivity index (χ0v) is 9.22. The van der Waals surface area contributed by atoms with E-state index in [1.165, 1.54) is 0 Å². The maximum atomic E-state index is 11.9. The Kier molecular flexibility index (Phi) is 2.51. The van der Waals surface area contributed by atoms with E-state index in [0.717, 1.165) is 12.1 Å². The minimum absolute atomic E-state index is 0.0132.